The van der Waals surface area contributed by atoms with Gasteiger partial charge < -0.3 is 5.32 Å². The van der Waals surface area contributed by atoms with Gasteiger partial charge >= 0.3 is 0 Å². The Morgan fingerprint density at radius 1 is 1.80 bits per heavy atom. The molecule has 0 fully saturated rings. The zero-order valence-corrected chi connectivity index (χ0v) is 5.50. The second-order valence-electron chi connectivity index (χ2n) is 1.48. The van der Waals surface area contributed by atoms with E-state index in [4.69, 9.17) is 5.41 Å². The SMILES string of the molecule is C=N/C=C\CC(=O)NC=N. The first kappa shape index (κ1) is 8.55. The molecule has 0 aliphatic rings. The van der Waals surface area contributed by atoms with Crippen LogP contribution in [0, 0.1) is 5.41 Å². The lowest BCUT2D eigenvalue weighted by atomic mass is 10.4. The molecular weight excluding hydrogens is 130 g/mol. The van der Waals surface area contributed by atoms with Gasteiger partial charge in [-0.1, -0.05) is 6.08 Å². The molecule has 0 bridgehead atoms. The smallest absolute Gasteiger partial charge is 0.228 e. The molecule has 0 aliphatic heterocycles. The van der Waals surface area contributed by atoms with Crippen molar-refractivity contribution < 1.29 is 4.79 Å². The Hall–Kier alpha value is -1.45. The van der Waals surface area contributed by atoms with Crippen LogP contribution in [0.2, 0.25) is 0 Å². The predicted octanol–water partition coefficient (Wildman–Crippen LogP) is 0.314. The van der Waals surface area contributed by atoms with E-state index in [0.717, 1.165) is 6.34 Å². The average molecular weight is 139 g/mol. The van der Waals surface area contributed by atoms with Crippen molar-refractivity contribution in [1.82, 2.24) is 5.32 Å². The number of amides is 1. The molecule has 0 atom stereocenters. The highest BCUT2D eigenvalue weighted by molar-refractivity contribution is 5.87. The van der Waals surface area contributed by atoms with Crippen molar-refractivity contribution in [3.63, 3.8) is 0 Å². The number of aliphatic imine (C=N–C) groups is 1. The summed E-state index contributed by atoms with van der Waals surface area (Å²) in [5, 5.41) is 8.69. The van der Waals surface area contributed by atoms with Gasteiger partial charge in [0.25, 0.3) is 0 Å². The number of nitrogens with one attached hydrogen (secondary N) is 2. The second-order valence-corrected chi connectivity index (χ2v) is 1.48. The molecule has 0 aromatic carbocycles. The van der Waals surface area contributed by atoms with Gasteiger partial charge in [0.05, 0.1) is 6.34 Å². The van der Waals surface area contributed by atoms with E-state index in [1.54, 1.807) is 6.08 Å². The van der Waals surface area contributed by atoms with Crippen molar-refractivity contribution in [2.24, 2.45) is 4.99 Å². The van der Waals surface area contributed by atoms with Crippen LogP contribution in [-0.2, 0) is 4.79 Å². The molecule has 0 unspecified atom stereocenters. The lowest BCUT2D eigenvalue weighted by Crippen LogP contribution is -2.19. The maximum Gasteiger partial charge on any atom is 0.228 e. The van der Waals surface area contributed by atoms with Crippen LogP contribution < -0.4 is 5.32 Å². The van der Waals surface area contributed by atoms with Crippen LogP contribution in [0.15, 0.2) is 17.3 Å². The summed E-state index contributed by atoms with van der Waals surface area (Å²) in [5.41, 5.74) is 0. The van der Waals surface area contributed by atoms with Crippen LogP contribution in [-0.4, -0.2) is 19.0 Å². The summed E-state index contributed by atoms with van der Waals surface area (Å²) in [7, 11) is 0. The number of carbonyl (C=O) groups is 1. The van der Waals surface area contributed by atoms with Crippen molar-refractivity contribution in [2.45, 2.75) is 6.42 Å². The fraction of sp³-hybridized carbons (Fsp3) is 0.167. The van der Waals surface area contributed by atoms with E-state index >= 15 is 0 Å². The minimum atomic E-state index is -0.227. The quantitative estimate of drug-likeness (QED) is 0.427. The summed E-state index contributed by atoms with van der Waals surface area (Å²) in [6, 6.07) is 0. The topological polar surface area (TPSA) is 65.3 Å². The predicted molar refractivity (Wildman–Crippen MR) is 40.2 cm³/mol. The highest BCUT2D eigenvalue weighted by atomic mass is 16.1. The van der Waals surface area contributed by atoms with E-state index < -0.39 is 0 Å². The Labute approximate surface area is 59.2 Å². The lowest BCUT2D eigenvalue weighted by Gasteiger charge is -1.90. The molecule has 0 aliphatic carbocycles. The summed E-state index contributed by atoms with van der Waals surface area (Å²) < 4.78 is 0. The number of nitrogens with zero attached hydrogens (tertiary/aromatic N) is 1. The van der Waals surface area contributed by atoms with Crippen molar-refractivity contribution >= 4 is 19.0 Å². The van der Waals surface area contributed by atoms with E-state index in [2.05, 4.69) is 17.0 Å². The minimum absolute atomic E-state index is 0.227. The van der Waals surface area contributed by atoms with E-state index in [9.17, 15) is 4.79 Å². The molecule has 0 spiro atoms. The van der Waals surface area contributed by atoms with Crippen LogP contribution in [0.1, 0.15) is 6.42 Å². The van der Waals surface area contributed by atoms with E-state index in [1.165, 1.54) is 6.20 Å². The number of hydrogen-bond acceptors (Lipinski definition) is 3. The fourth-order valence-corrected chi connectivity index (χ4v) is 0.374. The lowest BCUT2D eigenvalue weighted by molar-refractivity contribution is -0.118. The van der Waals surface area contributed by atoms with Crippen molar-refractivity contribution in [3.8, 4) is 0 Å². The first-order valence-electron chi connectivity index (χ1n) is 2.70. The number of hydrogen-bond donors (Lipinski definition) is 2. The molecule has 54 valence electrons. The van der Waals surface area contributed by atoms with Crippen LogP contribution in [0.3, 0.4) is 0 Å². The molecule has 1 amide bonds. The largest absolute Gasteiger partial charge is 0.317 e. The zero-order chi connectivity index (χ0) is 7.82. The molecule has 0 saturated carbocycles. The Morgan fingerprint density at radius 2 is 2.50 bits per heavy atom. The average Bonchev–Trinajstić information content (AvgIpc) is 1.89. The third-order valence-electron chi connectivity index (χ3n) is 0.747. The van der Waals surface area contributed by atoms with Gasteiger partial charge in [0.1, 0.15) is 0 Å². The monoisotopic (exact) mass is 139 g/mol. The van der Waals surface area contributed by atoms with Crippen LogP contribution in [0.25, 0.3) is 0 Å². The summed E-state index contributed by atoms with van der Waals surface area (Å²) in [6.07, 6.45) is 4.07. The molecule has 0 aromatic heterocycles. The Balaban J connectivity index is 3.47. The van der Waals surface area contributed by atoms with Gasteiger partial charge in [0, 0.05) is 12.6 Å². The van der Waals surface area contributed by atoms with Gasteiger partial charge in [0.15, 0.2) is 0 Å². The van der Waals surface area contributed by atoms with E-state index in [1.807, 2.05) is 0 Å². The Bertz CT molecular complexity index is 162. The first-order valence-corrected chi connectivity index (χ1v) is 2.70. The second kappa shape index (κ2) is 5.68. The molecule has 0 rings (SSSR count). The summed E-state index contributed by atoms with van der Waals surface area (Å²) in [4.78, 5) is 13.9. The van der Waals surface area contributed by atoms with Gasteiger partial charge in [-0.2, -0.15) is 0 Å². The standard InChI is InChI=1S/C6H9N3O/c1-8-4-2-3-6(10)9-5-7/h2,4-5H,1,3H2,(H2,7,9,10)/b4-2-. The van der Waals surface area contributed by atoms with Gasteiger partial charge in [-0.05, 0) is 6.72 Å². The molecule has 0 saturated heterocycles. The van der Waals surface area contributed by atoms with E-state index in [0.29, 0.717) is 0 Å². The molecule has 2 N–H and O–H groups in total. The molecule has 4 nitrogen and oxygen atoms in total. The number of carbonyl (C=O) groups excluding carboxylic acids is 1. The van der Waals surface area contributed by atoms with Gasteiger partial charge in [0.2, 0.25) is 5.91 Å². The van der Waals surface area contributed by atoms with Crippen molar-refractivity contribution in [3.05, 3.63) is 12.3 Å². The maximum absolute atomic E-state index is 10.5. The first-order chi connectivity index (χ1) is 4.81. The molecule has 4 heteroatoms. The molecule has 0 aromatic rings. The molecule has 0 radical (unpaired) electrons. The van der Waals surface area contributed by atoms with Crippen molar-refractivity contribution in [1.29, 1.82) is 5.41 Å². The third kappa shape index (κ3) is 4.70. The molecule has 0 heterocycles. The summed E-state index contributed by atoms with van der Waals surface area (Å²) >= 11 is 0. The summed E-state index contributed by atoms with van der Waals surface area (Å²) in [5.74, 6) is -0.227. The normalized spacial score (nSPS) is 9.20. The van der Waals surface area contributed by atoms with Gasteiger partial charge in [-0.3, -0.25) is 15.2 Å². The molecule has 10 heavy (non-hydrogen) atoms. The minimum Gasteiger partial charge on any atom is -0.317 e. The fourth-order valence-electron chi connectivity index (χ4n) is 0.374. The van der Waals surface area contributed by atoms with E-state index in [-0.39, 0.29) is 12.3 Å². The Kier molecular flexibility index (Phi) is 4.86. The van der Waals surface area contributed by atoms with Crippen LogP contribution in [0.4, 0.5) is 0 Å². The van der Waals surface area contributed by atoms with Gasteiger partial charge in [-0.15, -0.1) is 0 Å². The highest BCUT2D eigenvalue weighted by Crippen LogP contribution is 1.81. The number of rotatable bonds is 4. The van der Waals surface area contributed by atoms with Crippen LogP contribution in [0.5, 0.6) is 0 Å². The van der Waals surface area contributed by atoms with Crippen LogP contribution >= 0.6 is 0 Å². The highest BCUT2D eigenvalue weighted by Gasteiger charge is 1.91. The van der Waals surface area contributed by atoms with Gasteiger partial charge in [-0.25, -0.2) is 0 Å². The maximum atomic E-state index is 10.5. The zero-order valence-electron chi connectivity index (χ0n) is 5.50. The Morgan fingerprint density at radius 3 is 3.00 bits per heavy atom. The third-order valence-corrected chi connectivity index (χ3v) is 0.747. The molecular formula is C6H9N3O. The summed E-state index contributed by atoms with van der Waals surface area (Å²) in [6.45, 7) is 3.19. The van der Waals surface area contributed by atoms with Crippen molar-refractivity contribution in [2.75, 3.05) is 0 Å².